The van der Waals surface area contributed by atoms with E-state index in [4.69, 9.17) is 5.11 Å². The number of nitrogens with zero attached hydrogens (tertiary/aromatic N) is 1. The van der Waals surface area contributed by atoms with E-state index in [9.17, 15) is 4.79 Å². The molecule has 0 aromatic carbocycles. The fraction of sp³-hybridized carbons (Fsp3) is 0.889. The van der Waals surface area contributed by atoms with Crippen LogP contribution in [0.3, 0.4) is 0 Å². The van der Waals surface area contributed by atoms with Crippen LogP contribution in [0.1, 0.15) is 19.8 Å². The van der Waals surface area contributed by atoms with Gasteiger partial charge in [-0.15, -0.1) is 0 Å². The molecule has 2 unspecified atom stereocenters. The van der Waals surface area contributed by atoms with Gasteiger partial charge in [0.05, 0.1) is 5.92 Å². The standard InChI is InChI=1S/C9H17NO2/c1-3-7-6-10(2)5-4-8(7)9(11)12/h7-8H,3-6H2,1-2H3,(H,11,12). The minimum atomic E-state index is -0.616. The van der Waals surface area contributed by atoms with E-state index in [1.165, 1.54) is 0 Å². The summed E-state index contributed by atoms with van der Waals surface area (Å²) in [5.74, 6) is -0.373. The molecule has 1 fully saturated rings. The van der Waals surface area contributed by atoms with Crippen molar-refractivity contribution in [3.63, 3.8) is 0 Å². The molecule has 1 rings (SSSR count). The predicted octanol–water partition coefficient (Wildman–Crippen LogP) is 1.05. The highest BCUT2D eigenvalue weighted by molar-refractivity contribution is 5.70. The fourth-order valence-electron chi connectivity index (χ4n) is 1.95. The minimum absolute atomic E-state index is 0.105. The Hall–Kier alpha value is -0.570. The zero-order valence-corrected chi connectivity index (χ0v) is 7.79. The van der Waals surface area contributed by atoms with Crippen molar-refractivity contribution in [2.24, 2.45) is 11.8 Å². The van der Waals surface area contributed by atoms with Gasteiger partial charge < -0.3 is 10.0 Å². The molecule has 3 heteroatoms. The maximum absolute atomic E-state index is 10.8. The number of piperidine rings is 1. The van der Waals surface area contributed by atoms with Gasteiger partial charge in [0.25, 0.3) is 0 Å². The Bertz CT molecular complexity index is 170. The Morgan fingerprint density at radius 2 is 2.33 bits per heavy atom. The minimum Gasteiger partial charge on any atom is -0.481 e. The molecule has 1 aliphatic rings. The largest absolute Gasteiger partial charge is 0.481 e. The van der Waals surface area contributed by atoms with Crippen molar-refractivity contribution < 1.29 is 9.90 Å². The third-order valence-electron chi connectivity index (χ3n) is 2.78. The molecule has 0 aromatic heterocycles. The van der Waals surface area contributed by atoms with Gasteiger partial charge in [0.2, 0.25) is 0 Å². The van der Waals surface area contributed by atoms with Crippen molar-refractivity contribution in [2.75, 3.05) is 20.1 Å². The number of rotatable bonds is 2. The molecule has 3 nitrogen and oxygen atoms in total. The van der Waals surface area contributed by atoms with Crippen LogP contribution in [0.25, 0.3) is 0 Å². The van der Waals surface area contributed by atoms with Crippen LogP contribution in [0.15, 0.2) is 0 Å². The first-order chi connectivity index (χ1) is 5.65. The smallest absolute Gasteiger partial charge is 0.306 e. The number of hydrogen-bond donors (Lipinski definition) is 1. The van der Waals surface area contributed by atoms with E-state index < -0.39 is 5.97 Å². The molecule has 0 radical (unpaired) electrons. The van der Waals surface area contributed by atoms with Gasteiger partial charge in [-0.05, 0) is 25.9 Å². The highest BCUT2D eigenvalue weighted by Gasteiger charge is 2.31. The second-order valence-corrected chi connectivity index (χ2v) is 3.66. The molecule has 2 atom stereocenters. The monoisotopic (exact) mass is 171 g/mol. The summed E-state index contributed by atoms with van der Waals surface area (Å²) >= 11 is 0. The van der Waals surface area contributed by atoms with Crippen LogP contribution in [-0.4, -0.2) is 36.1 Å². The van der Waals surface area contributed by atoms with Gasteiger partial charge in [-0.2, -0.15) is 0 Å². The Balaban J connectivity index is 2.56. The average Bonchev–Trinajstić information content (AvgIpc) is 2.03. The molecule has 0 bridgehead atoms. The van der Waals surface area contributed by atoms with Gasteiger partial charge >= 0.3 is 5.97 Å². The summed E-state index contributed by atoms with van der Waals surface area (Å²) in [7, 11) is 2.06. The topological polar surface area (TPSA) is 40.5 Å². The maximum Gasteiger partial charge on any atom is 0.306 e. The normalized spacial score (nSPS) is 31.8. The second-order valence-electron chi connectivity index (χ2n) is 3.66. The van der Waals surface area contributed by atoms with Crippen molar-refractivity contribution in [2.45, 2.75) is 19.8 Å². The average molecular weight is 171 g/mol. The molecule has 1 heterocycles. The van der Waals surface area contributed by atoms with E-state index in [0.29, 0.717) is 5.92 Å². The lowest BCUT2D eigenvalue weighted by Crippen LogP contribution is -2.40. The Morgan fingerprint density at radius 3 is 2.83 bits per heavy atom. The van der Waals surface area contributed by atoms with Crippen molar-refractivity contribution in [1.82, 2.24) is 4.90 Å². The summed E-state index contributed by atoms with van der Waals surface area (Å²) in [5, 5.41) is 8.91. The van der Waals surface area contributed by atoms with E-state index >= 15 is 0 Å². The molecule has 0 saturated carbocycles. The fourth-order valence-corrected chi connectivity index (χ4v) is 1.95. The third-order valence-corrected chi connectivity index (χ3v) is 2.78. The van der Waals surface area contributed by atoms with Gasteiger partial charge in [0.15, 0.2) is 0 Å². The van der Waals surface area contributed by atoms with Crippen LogP contribution in [0.5, 0.6) is 0 Å². The number of hydrogen-bond acceptors (Lipinski definition) is 2. The van der Waals surface area contributed by atoms with Crippen LogP contribution >= 0.6 is 0 Å². The van der Waals surface area contributed by atoms with Crippen LogP contribution in [0.4, 0.5) is 0 Å². The van der Waals surface area contributed by atoms with Crippen molar-refractivity contribution in [3.8, 4) is 0 Å². The van der Waals surface area contributed by atoms with Crippen molar-refractivity contribution in [1.29, 1.82) is 0 Å². The van der Waals surface area contributed by atoms with Crippen LogP contribution in [0.2, 0.25) is 0 Å². The molecular weight excluding hydrogens is 154 g/mol. The maximum atomic E-state index is 10.8. The van der Waals surface area contributed by atoms with Gasteiger partial charge in [0.1, 0.15) is 0 Å². The van der Waals surface area contributed by atoms with Gasteiger partial charge in [-0.1, -0.05) is 13.3 Å². The lowest BCUT2D eigenvalue weighted by Gasteiger charge is -2.33. The van der Waals surface area contributed by atoms with E-state index in [1.54, 1.807) is 0 Å². The van der Waals surface area contributed by atoms with Crippen LogP contribution in [0, 0.1) is 11.8 Å². The molecule has 0 aromatic rings. The summed E-state index contributed by atoms with van der Waals surface area (Å²) in [6.45, 7) is 3.93. The summed E-state index contributed by atoms with van der Waals surface area (Å²) in [5.41, 5.74) is 0. The van der Waals surface area contributed by atoms with Crippen molar-refractivity contribution in [3.05, 3.63) is 0 Å². The molecule has 0 amide bonds. The number of carboxylic acid groups (broad SMARTS) is 1. The summed E-state index contributed by atoms with van der Waals surface area (Å²) in [4.78, 5) is 13.0. The summed E-state index contributed by atoms with van der Waals surface area (Å²) in [6.07, 6.45) is 1.78. The molecule has 0 aliphatic carbocycles. The molecule has 0 spiro atoms. The SMILES string of the molecule is CCC1CN(C)CCC1C(=O)O. The predicted molar refractivity (Wildman–Crippen MR) is 47.0 cm³/mol. The highest BCUT2D eigenvalue weighted by Crippen LogP contribution is 2.25. The van der Waals surface area contributed by atoms with Crippen LogP contribution < -0.4 is 0 Å². The lowest BCUT2D eigenvalue weighted by molar-refractivity contribution is -0.145. The Labute approximate surface area is 73.4 Å². The van der Waals surface area contributed by atoms with E-state index in [-0.39, 0.29) is 5.92 Å². The summed E-state index contributed by atoms with van der Waals surface area (Å²) in [6, 6.07) is 0. The first-order valence-corrected chi connectivity index (χ1v) is 4.56. The number of likely N-dealkylation sites (tertiary alicyclic amines) is 1. The zero-order chi connectivity index (χ0) is 9.14. The second kappa shape index (κ2) is 3.90. The number of carboxylic acids is 1. The van der Waals surface area contributed by atoms with Crippen molar-refractivity contribution >= 4 is 5.97 Å². The lowest BCUT2D eigenvalue weighted by atomic mass is 9.84. The van der Waals surface area contributed by atoms with Gasteiger partial charge in [-0.3, -0.25) is 4.79 Å². The van der Waals surface area contributed by atoms with Gasteiger partial charge in [-0.25, -0.2) is 0 Å². The van der Waals surface area contributed by atoms with Gasteiger partial charge in [0, 0.05) is 6.54 Å². The quantitative estimate of drug-likeness (QED) is 0.675. The molecule has 1 aliphatic heterocycles. The van der Waals surface area contributed by atoms with E-state index in [1.807, 2.05) is 0 Å². The molecule has 12 heavy (non-hydrogen) atoms. The van der Waals surface area contributed by atoms with Crippen LogP contribution in [-0.2, 0) is 4.79 Å². The third kappa shape index (κ3) is 1.97. The van der Waals surface area contributed by atoms with E-state index in [2.05, 4.69) is 18.9 Å². The first kappa shape index (κ1) is 9.52. The molecular formula is C9H17NO2. The number of carbonyl (C=O) groups is 1. The number of aliphatic carboxylic acids is 1. The zero-order valence-electron chi connectivity index (χ0n) is 7.79. The Kier molecular flexibility index (Phi) is 3.09. The Morgan fingerprint density at radius 1 is 1.67 bits per heavy atom. The molecule has 1 saturated heterocycles. The molecule has 70 valence electrons. The first-order valence-electron chi connectivity index (χ1n) is 4.56. The molecule has 1 N–H and O–H groups in total. The van der Waals surface area contributed by atoms with E-state index in [0.717, 1.165) is 25.9 Å². The summed E-state index contributed by atoms with van der Waals surface area (Å²) < 4.78 is 0. The highest BCUT2D eigenvalue weighted by atomic mass is 16.4.